The molecule has 0 atom stereocenters. The van der Waals surface area contributed by atoms with E-state index in [1.54, 1.807) is 30.0 Å². The van der Waals surface area contributed by atoms with Gasteiger partial charge in [-0.3, -0.25) is 4.79 Å². The van der Waals surface area contributed by atoms with Gasteiger partial charge in [-0.2, -0.15) is 0 Å². The Bertz CT molecular complexity index is 583. The normalized spacial score (nSPS) is 11.2. The number of nitrogens with zero attached hydrogens (tertiary/aromatic N) is 1. The van der Waals surface area contributed by atoms with Crippen LogP contribution < -0.4 is 16.0 Å². The first-order valence-electron chi connectivity index (χ1n) is 6.32. The van der Waals surface area contributed by atoms with Crippen molar-refractivity contribution in [3.8, 4) is 0 Å². The van der Waals surface area contributed by atoms with E-state index in [1.165, 1.54) is 0 Å². The monoisotopic (exact) mass is 299 g/mol. The van der Waals surface area contributed by atoms with Crippen LogP contribution in [0.4, 0.5) is 11.4 Å². The Balaban J connectivity index is 2.80. The fourth-order valence-corrected chi connectivity index (χ4v) is 2.39. The molecule has 1 aromatic rings. The van der Waals surface area contributed by atoms with Crippen molar-refractivity contribution < 1.29 is 13.2 Å². The molecule has 7 heteroatoms. The number of carbonyl (C=O) groups is 1. The molecule has 1 rings (SSSR count). The quantitative estimate of drug-likeness (QED) is 0.746. The molecule has 0 radical (unpaired) electrons. The summed E-state index contributed by atoms with van der Waals surface area (Å²) in [6.07, 6.45) is 0. The maximum absolute atomic E-state index is 12.1. The summed E-state index contributed by atoms with van der Waals surface area (Å²) in [6.45, 7) is 1.68. The molecule has 1 amide bonds. The van der Waals surface area contributed by atoms with Gasteiger partial charge in [0.25, 0.3) is 5.91 Å². The average molecular weight is 299 g/mol. The number of carbonyl (C=O) groups excluding carboxylic acids is 1. The number of hydrogen-bond donors (Lipinski definition) is 2. The number of anilines is 2. The zero-order chi connectivity index (χ0) is 15.3. The highest BCUT2D eigenvalue weighted by Crippen LogP contribution is 2.21. The van der Waals surface area contributed by atoms with Crippen LogP contribution in [-0.4, -0.2) is 46.5 Å². The van der Waals surface area contributed by atoms with Gasteiger partial charge in [0.15, 0.2) is 9.84 Å². The van der Waals surface area contributed by atoms with Gasteiger partial charge in [0.1, 0.15) is 0 Å². The van der Waals surface area contributed by atoms with Crippen LogP contribution >= 0.6 is 0 Å². The fraction of sp³-hybridized carbons (Fsp3) is 0.462. The Morgan fingerprint density at radius 3 is 2.55 bits per heavy atom. The van der Waals surface area contributed by atoms with E-state index in [1.807, 2.05) is 14.1 Å². The molecule has 0 saturated heterocycles. The molecular weight excluding hydrogens is 278 g/mol. The first-order valence-corrected chi connectivity index (χ1v) is 8.14. The van der Waals surface area contributed by atoms with Gasteiger partial charge >= 0.3 is 0 Å². The van der Waals surface area contributed by atoms with E-state index >= 15 is 0 Å². The zero-order valence-electron chi connectivity index (χ0n) is 12.0. The van der Waals surface area contributed by atoms with E-state index in [0.29, 0.717) is 11.3 Å². The molecule has 0 unspecified atom stereocenters. The van der Waals surface area contributed by atoms with Crippen LogP contribution in [0.1, 0.15) is 17.3 Å². The number of nitrogens with one attached hydrogen (secondary N) is 1. The lowest BCUT2D eigenvalue weighted by Crippen LogP contribution is -2.30. The molecule has 3 N–H and O–H groups in total. The minimum absolute atomic E-state index is 0.0607. The maximum Gasteiger partial charge on any atom is 0.253 e. The highest BCUT2D eigenvalue weighted by Gasteiger charge is 2.14. The van der Waals surface area contributed by atoms with Gasteiger partial charge in [0.05, 0.1) is 11.3 Å². The molecule has 1 aromatic carbocycles. The second-order valence-corrected chi connectivity index (χ2v) is 7.14. The lowest BCUT2D eigenvalue weighted by molar-refractivity contribution is 0.0956. The summed E-state index contributed by atoms with van der Waals surface area (Å²) in [5, 5.41) is 2.61. The number of nitrogen functional groups attached to an aromatic ring is 1. The van der Waals surface area contributed by atoms with Gasteiger partial charge in [-0.1, -0.05) is 6.92 Å². The van der Waals surface area contributed by atoms with Crippen molar-refractivity contribution in [3.63, 3.8) is 0 Å². The van der Waals surface area contributed by atoms with E-state index in [-0.39, 0.29) is 24.0 Å². The molecule has 6 nitrogen and oxygen atoms in total. The Kier molecular flexibility index (Phi) is 5.38. The SMILES string of the molecule is CCS(=O)(=O)CCNC(=O)c1cc(N)ccc1N(C)C. The van der Waals surface area contributed by atoms with E-state index in [0.717, 1.165) is 5.69 Å². The third-order valence-corrected chi connectivity index (χ3v) is 4.59. The zero-order valence-corrected chi connectivity index (χ0v) is 12.8. The van der Waals surface area contributed by atoms with Crippen LogP contribution in [0.3, 0.4) is 0 Å². The minimum Gasteiger partial charge on any atom is -0.399 e. The van der Waals surface area contributed by atoms with Crippen molar-refractivity contribution in [1.82, 2.24) is 5.32 Å². The van der Waals surface area contributed by atoms with Gasteiger partial charge in [-0.15, -0.1) is 0 Å². The molecule has 20 heavy (non-hydrogen) atoms. The molecule has 0 bridgehead atoms. The third kappa shape index (κ3) is 4.41. The number of rotatable bonds is 6. The Labute approximate surface area is 119 Å². The van der Waals surface area contributed by atoms with E-state index in [9.17, 15) is 13.2 Å². The number of hydrogen-bond acceptors (Lipinski definition) is 5. The van der Waals surface area contributed by atoms with Crippen molar-refractivity contribution in [2.24, 2.45) is 0 Å². The molecule has 0 saturated carbocycles. The van der Waals surface area contributed by atoms with Crippen LogP contribution in [0, 0.1) is 0 Å². The van der Waals surface area contributed by atoms with E-state index in [4.69, 9.17) is 5.73 Å². The van der Waals surface area contributed by atoms with Crippen LogP contribution in [0.2, 0.25) is 0 Å². The molecule has 0 heterocycles. The summed E-state index contributed by atoms with van der Waals surface area (Å²) in [7, 11) is 0.565. The third-order valence-electron chi connectivity index (χ3n) is 2.89. The van der Waals surface area contributed by atoms with E-state index in [2.05, 4.69) is 5.32 Å². The largest absolute Gasteiger partial charge is 0.399 e. The average Bonchev–Trinajstić information content (AvgIpc) is 2.37. The summed E-state index contributed by atoms with van der Waals surface area (Å²) in [5.74, 6) is -0.314. The van der Waals surface area contributed by atoms with Gasteiger partial charge in [0.2, 0.25) is 0 Å². The Morgan fingerprint density at radius 1 is 1.35 bits per heavy atom. The first-order chi connectivity index (χ1) is 9.26. The number of benzene rings is 1. The van der Waals surface area contributed by atoms with E-state index < -0.39 is 9.84 Å². The number of sulfone groups is 1. The predicted molar refractivity (Wildman–Crippen MR) is 81.8 cm³/mol. The summed E-state index contributed by atoms with van der Waals surface area (Å²) in [6, 6.07) is 5.06. The number of amides is 1. The molecule has 0 spiro atoms. The molecule has 0 fully saturated rings. The van der Waals surface area contributed by atoms with Gasteiger partial charge in [-0.25, -0.2) is 8.42 Å². The van der Waals surface area contributed by atoms with Gasteiger partial charge in [-0.05, 0) is 18.2 Å². The molecule has 0 aliphatic rings. The van der Waals surface area contributed by atoms with Gasteiger partial charge < -0.3 is 16.0 Å². The Hall–Kier alpha value is -1.76. The molecule has 0 aliphatic heterocycles. The second kappa shape index (κ2) is 6.60. The topological polar surface area (TPSA) is 92.5 Å². The van der Waals surface area contributed by atoms with Crippen molar-refractivity contribution in [1.29, 1.82) is 0 Å². The maximum atomic E-state index is 12.1. The molecule has 0 aromatic heterocycles. The summed E-state index contributed by atoms with van der Waals surface area (Å²) in [4.78, 5) is 13.9. The molecular formula is C13H21N3O3S. The molecule has 112 valence electrons. The highest BCUT2D eigenvalue weighted by atomic mass is 32.2. The van der Waals surface area contributed by atoms with Crippen molar-refractivity contribution in [2.75, 3.05) is 42.8 Å². The minimum atomic E-state index is -3.08. The van der Waals surface area contributed by atoms with Crippen LogP contribution in [0.25, 0.3) is 0 Å². The summed E-state index contributed by atoms with van der Waals surface area (Å²) >= 11 is 0. The summed E-state index contributed by atoms with van der Waals surface area (Å²) in [5.41, 5.74) is 7.34. The van der Waals surface area contributed by atoms with Gasteiger partial charge in [0, 0.05) is 37.8 Å². The summed E-state index contributed by atoms with van der Waals surface area (Å²) < 4.78 is 22.7. The standard InChI is InChI=1S/C13H21N3O3S/c1-4-20(18,19)8-7-15-13(17)11-9-10(14)5-6-12(11)16(2)3/h5-6,9H,4,7-8,14H2,1-3H3,(H,15,17). The second-order valence-electron chi connectivity index (χ2n) is 4.66. The lowest BCUT2D eigenvalue weighted by atomic mass is 10.1. The molecule has 0 aliphatic carbocycles. The first kappa shape index (κ1) is 16.3. The van der Waals surface area contributed by atoms with Crippen molar-refractivity contribution >= 4 is 27.1 Å². The smallest absolute Gasteiger partial charge is 0.253 e. The van der Waals surface area contributed by atoms with Crippen molar-refractivity contribution in [2.45, 2.75) is 6.92 Å². The number of nitrogens with two attached hydrogens (primary N) is 1. The fourth-order valence-electron chi connectivity index (χ4n) is 1.69. The van der Waals surface area contributed by atoms with Crippen LogP contribution in [0.15, 0.2) is 18.2 Å². The predicted octanol–water partition coefficient (Wildman–Crippen LogP) is 0.499. The lowest BCUT2D eigenvalue weighted by Gasteiger charge is -2.17. The van der Waals surface area contributed by atoms with Crippen LogP contribution in [-0.2, 0) is 9.84 Å². The van der Waals surface area contributed by atoms with Crippen LogP contribution in [0.5, 0.6) is 0 Å². The van der Waals surface area contributed by atoms with Crippen molar-refractivity contribution in [3.05, 3.63) is 23.8 Å². The highest BCUT2D eigenvalue weighted by molar-refractivity contribution is 7.91. The Morgan fingerprint density at radius 2 is 2.00 bits per heavy atom.